The van der Waals surface area contributed by atoms with Crippen molar-refractivity contribution in [3.63, 3.8) is 0 Å². The number of nitrogens with one attached hydrogen (secondary N) is 1. The van der Waals surface area contributed by atoms with Gasteiger partial charge in [0.15, 0.2) is 0 Å². The van der Waals surface area contributed by atoms with Crippen molar-refractivity contribution in [3.8, 4) is 0 Å². The number of thioether (sulfide) groups is 1. The summed E-state index contributed by atoms with van der Waals surface area (Å²) in [6, 6.07) is 0. The molecule has 114 valence electrons. The average molecular weight is 320 g/mol. The normalized spacial score (nSPS) is 10.8. The Morgan fingerprint density at radius 3 is 2.95 bits per heavy atom. The minimum Gasteiger partial charge on any atom is -0.396 e. The standard InChI is InChI=1S/C13H22ClN3O2S/c1-2-3-6-17-13(19)12(14)11(10-16-17)15-5-9-20-8-4-7-18/h10,15,18H,2-9H2,1H3. The Labute approximate surface area is 128 Å². The Hall–Kier alpha value is -0.720. The van der Waals surface area contributed by atoms with Gasteiger partial charge in [-0.05, 0) is 18.6 Å². The Morgan fingerprint density at radius 2 is 2.25 bits per heavy atom. The quantitative estimate of drug-likeness (QED) is 0.647. The van der Waals surface area contributed by atoms with Crippen LogP contribution in [0.3, 0.4) is 0 Å². The van der Waals surface area contributed by atoms with E-state index in [0.717, 1.165) is 37.3 Å². The van der Waals surface area contributed by atoms with Gasteiger partial charge in [0.05, 0.1) is 11.9 Å². The van der Waals surface area contributed by atoms with Gasteiger partial charge in [0.1, 0.15) is 5.02 Å². The van der Waals surface area contributed by atoms with Crippen molar-refractivity contribution < 1.29 is 5.11 Å². The SMILES string of the molecule is CCCCn1ncc(NCCSCCCO)c(Cl)c1=O. The van der Waals surface area contributed by atoms with Crippen LogP contribution in [0.5, 0.6) is 0 Å². The van der Waals surface area contributed by atoms with Crippen LogP contribution in [-0.4, -0.2) is 39.5 Å². The molecule has 7 heteroatoms. The molecule has 0 atom stereocenters. The molecule has 1 aromatic rings. The molecule has 0 fully saturated rings. The fraction of sp³-hybridized carbons (Fsp3) is 0.692. The third-order valence-electron chi connectivity index (χ3n) is 2.72. The molecule has 0 unspecified atom stereocenters. The zero-order valence-corrected chi connectivity index (χ0v) is 13.3. The van der Waals surface area contributed by atoms with Gasteiger partial charge < -0.3 is 10.4 Å². The predicted octanol–water partition coefficient (Wildman–Crippen LogP) is 2.22. The number of anilines is 1. The third kappa shape index (κ3) is 5.73. The first-order chi connectivity index (χ1) is 9.70. The summed E-state index contributed by atoms with van der Waals surface area (Å²) >= 11 is 7.82. The molecule has 1 heterocycles. The van der Waals surface area contributed by atoms with Crippen LogP contribution in [0.25, 0.3) is 0 Å². The van der Waals surface area contributed by atoms with E-state index in [2.05, 4.69) is 17.3 Å². The van der Waals surface area contributed by atoms with E-state index in [-0.39, 0.29) is 17.2 Å². The minimum atomic E-state index is -0.238. The lowest BCUT2D eigenvalue weighted by molar-refractivity contribution is 0.296. The van der Waals surface area contributed by atoms with Gasteiger partial charge in [-0.25, -0.2) is 4.68 Å². The molecule has 0 spiro atoms. The van der Waals surface area contributed by atoms with Crippen molar-refractivity contribution >= 4 is 29.1 Å². The molecular weight excluding hydrogens is 298 g/mol. The van der Waals surface area contributed by atoms with Gasteiger partial charge in [0.25, 0.3) is 5.56 Å². The first kappa shape index (κ1) is 17.3. The molecule has 0 aliphatic carbocycles. The fourth-order valence-corrected chi connectivity index (χ4v) is 2.58. The molecule has 0 saturated heterocycles. The fourth-order valence-electron chi connectivity index (χ4n) is 1.58. The van der Waals surface area contributed by atoms with Crippen LogP contribution in [-0.2, 0) is 6.54 Å². The number of rotatable bonds is 10. The lowest BCUT2D eigenvalue weighted by Crippen LogP contribution is -2.24. The molecule has 5 nitrogen and oxygen atoms in total. The number of halogens is 1. The van der Waals surface area contributed by atoms with E-state index in [1.165, 1.54) is 4.68 Å². The maximum atomic E-state index is 12.0. The molecule has 20 heavy (non-hydrogen) atoms. The van der Waals surface area contributed by atoms with E-state index >= 15 is 0 Å². The Morgan fingerprint density at radius 1 is 1.45 bits per heavy atom. The van der Waals surface area contributed by atoms with Crippen molar-refractivity contribution in [1.29, 1.82) is 0 Å². The number of aromatic nitrogens is 2. The van der Waals surface area contributed by atoms with Gasteiger partial charge in [0.2, 0.25) is 0 Å². The highest BCUT2D eigenvalue weighted by Gasteiger charge is 2.08. The van der Waals surface area contributed by atoms with Crippen molar-refractivity contribution in [2.75, 3.05) is 30.0 Å². The van der Waals surface area contributed by atoms with Crippen LogP contribution < -0.4 is 10.9 Å². The molecule has 0 aliphatic rings. The van der Waals surface area contributed by atoms with Gasteiger partial charge in [-0.3, -0.25) is 4.79 Å². The average Bonchev–Trinajstić information content (AvgIpc) is 2.46. The number of hydrogen-bond acceptors (Lipinski definition) is 5. The van der Waals surface area contributed by atoms with E-state index in [0.29, 0.717) is 12.2 Å². The largest absolute Gasteiger partial charge is 0.396 e. The highest BCUT2D eigenvalue weighted by atomic mass is 35.5. The van der Waals surface area contributed by atoms with E-state index in [4.69, 9.17) is 16.7 Å². The number of aryl methyl sites for hydroxylation is 1. The van der Waals surface area contributed by atoms with Crippen LogP contribution in [0.2, 0.25) is 5.02 Å². The Bertz CT molecular complexity index is 454. The Kier molecular flexibility index (Phi) is 8.73. The van der Waals surface area contributed by atoms with Gasteiger partial charge in [-0.15, -0.1) is 0 Å². The maximum absolute atomic E-state index is 12.0. The van der Waals surface area contributed by atoms with Crippen LogP contribution >= 0.6 is 23.4 Å². The molecule has 0 bridgehead atoms. The van der Waals surface area contributed by atoms with Crippen LogP contribution in [0.15, 0.2) is 11.0 Å². The van der Waals surface area contributed by atoms with Crippen molar-refractivity contribution in [2.24, 2.45) is 0 Å². The topological polar surface area (TPSA) is 67.2 Å². The number of hydrogen-bond donors (Lipinski definition) is 2. The first-order valence-corrected chi connectivity index (χ1v) is 8.42. The number of nitrogens with zero attached hydrogens (tertiary/aromatic N) is 2. The summed E-state index contributed by atoms with van der Waals surface area (Å²) < 4.78 is 1.41. The maximum Gasteiger partial charge on any atom is 0.287 e. The molecule has 1 rings (SSSR count). The monoisotopic (exact) mass is 319 g/mol. The van der Waals surface area contributed by atoms with Crippen molar-refractivity contribution in [1.82, 2.24) is 9.78 Å². The summed E-state index contributed by atoms with van der Waals surface area (Å²) in [6.07, 6.45) is 4.34. The van der Waals surface area contributed by atoms with Gasteiger partial charge >= 0.3 is 0 Å². The Balaban J connectivity index is 2.47. The second kappa shape index (κ2) is 10.1. The molecule has 0 radical (unpaired) electrons. The zero-order valence-electron chi connectivity index (χ0n) is 11.8. The van der Waals surface area contributed by atoms with Gasteiger partial charge in [-0.1, -0.05) is 24.9 Å². The van der Waals surface area contributed by atoms with E-state index in [1.807, 2.05) is 0 Å². The smallest absolute Gasteiger partial charge is 0.287 e. The van der Waals surface area contributed by atoms with Crippen molar-refractivity contribution in [2.45, 2.75) is 32.7 Å². The summed E-state index contributed by atoms with van der Waals surface area (Å²) in [7, 11) is 0. The summed E-state index contributed by atoms with van der Waals surface area (Å²) in [6.45, 7) is 3.62. The number of aliphatic hydroxyl groups is 1. The van der Waals surface area contributed by atoms with Gasteiger partial charge in [0, 0.05) is 25.4 Å². The molecule has 0 aliphatic heterocycles. The summed E-state index contributed by atoms with van der Waals surface area (Å²) in [5.41, 5.74) is 0.352. The predicted molar refractivity (Wildman–Crippen MR) is 85.9 cm³/mol. The lowest BCUT2D eigenvalue weighted by Gasteiger charge is -2.09. The minimum absolute atomic E-state index is 0.205. The van der Waals surface area contributed by atoms with Gasteiger partial charge in [-0.2, -0.15) is 16.9 Å². The summed E-state index contributed by atoms with van der Waals surface area (Å²) in [4.78, 5) is 12.0. The number of unbranched alkanes of at least 4 members (excludes halogenated alkanes) is 1. The van der Waals surface area contributed by atoms with E-state index in [9.17, 15) is 4.79 Å². The summed E-state index contributed by atoms with van der Waals surface area (Å²) in [5.74, 6) is 1.83. The molecule has 0 aromatic carbocycles. The summed E-state index contributed by atoms with van der Waals surface area (Å²) in [5, 5.41) is 16.1. The first-order valence-electron chi connectivity index (χ1n) is 6.88. The van der Waals surface area contributed by atoms with Crippen LogP contribution in [0.1, 0.15) is 26.2 Å². The third-order valence-corrected chi connectivity index (χ3v) is 4.15. The highest BCUT2D eigenvalue weighted by molar-refractivity contribution is 7.99. The zero-order chi connectivity index (χ0) is 14.8. The number of aliphatic hydroxyl groups excluding tert-OH is 1. The molecular formula is C13H22ClN3O2S. The van der Waals surface area contributed by atoms with Crippen LogP contribution in [0.4, 0.5) is 5.69 Å². The molecule has 0 amide bonds. The second-order valence-corrected chi connectivity index (χ2v) is 5.97. The lowest BCUT2D eigenvalue weighted by atomic mass is 10.3. The molecule has 2 N–H and O–H groups in total. The highest BCUT2D eigenvalue weighted by Crippen LogP contribution is 2.15. The second-order valence-electron chi connectivity index (χ2n) is 4.37. The van der Waals surface area contributed by atoms with Crippen molar-refractivity contribution in [3.05, 3.63) is 21.6 Å². The van der Waals surface area contributed by atoms with E-state index in [1.54, 1.807) is 18.0 Å². The molecule has 1 aromatic heterocycles. The van der Waals surface area contributed by atoms with E-state index < -0.39 is 0 Å². The molecule has 0 saturated carbocycles. The van der Waals surface area contributed by atoms with Crippen LogP contribution in [0, 0.1) is 0 Å².